The maximum Gasteiger partial charge on any atom is 0.260 e. The molecule has 10 nitrogen and oxygen atoms in total. The number of carbonyl (C=O) groups excluding carboxylic acids is 4. The van der Waals surface area contributed by atoms with Crippen molar-refractivity contribution in [2.24, 2.45) is 23.7 Å². The normalized spacial score (nSPS) is 26.2. The van der Waals surface area contributed by atoms with E-state index in [1.54, 1.807) is 24.3 Å². The van der Waals surface area contributed by atoms with Crippen molar-refractivity contribution in [2.75, 3.05) is 19.6 Å². The zero-order valence-corrected chi connectivity index (χ0v) is 29.5. The van der Waals surface area contributed by atoms with Crippen molar-refractivity contribution < 1.29 is 38.1 Å². The number of rotatable bonds is 8. The molecule has 12 heteroatoms. The van der Waals surface area contributed by atoms with Gasteiger partial charge in [-0.1, -0.05) is 65.7 Å². The van der Waals surface area contributed by atoms with Crippen molar-refractivity contribution in [3.8, 4) is 17.2 Å². The molecule has 4 aliphatic rings. The summed E-state index contributed by atoms with van der Waals surface area (Å²) in [6.45, 7) is 0.113. The van der Waals surface area contributed by atoms with Crippen LogP contribution in [-0.2, 0) is 31.1 Å². The topological polar surface area (TPSA) is 125 Å². The van der Waals surface area contributed by atoms with E-state index < -0.39 is 52.6 Å². The summed E-state index contributed by atoms with van der Waals surface area (Å²) in [5.41, 5.74) is 3.96. The summed E-state index contributed by atoms with van der Waals surface area (Å²) < 4.78 is 25.7. The summed E-state index contributed by atoms with van der Waals surface area (Å²) in [6, 6.07) is 24.1. The van der Waals surface area contributed by atoms with Gasteiger partial charge in [-0.05, 0) is 66.3 Å². The number of halogens is 2. The Bertz CT molecular complexity index is 2150. The van der Waals surface area contributed by atoms with Crippen molar-refractivity contribution in [2.45, 2.75) is 30.7 Å². The van der Waals surface area contributed by atoms with E-state index in [0.29, 0.717) is 27.4 Å². The maximum absolute atomic E-state index is 15.4. The second kappa shape index (κ2) is 13.1. The number of fused-ring (bicyclic) bond motifs is 4. The number of nitrogens with one attached hydrogen (secondary N) is 1. The Morgan fingerprint density at radius 3 is 2.17 bits per heavy atom. The Labute approximate surface area is 309 Å². The predicted octanol–water partition coefficient (Wildman–Crippen LogP) is 6.39. The van der Waals surface area contributed by atoms with Crippen LogP contribution in [0.4, 0.5) is 10.1 Å². The molecule has 2 aliphatic carbocycles. The lowest BCUT2D eigenvalue weighted by molar-refractivity contribution is -0.142. The van der Waals surface area contributed by atoms with Crippen LogP contribution < -0.4 is 14.9 Å². The number of phenolic OH excluding ortho intramolecular Hbond substituents is 1. The molecule has 0 bridgehead atoms. The Hall–Kier alpha value is -5.68. The Kier molecular flexibility index (Phi) is 8.48. The molecule has 0 aromatic heterocycles. The van der Waals surface area contributed by atoms with Crippen molar-refractivity contribution >= 4 is 40.9 Å². The lowest BCUT2D eigenvalue weighted by Crippen LogP contribution is -2.53. The average molecular weight is 736 g/mol. The summed E-state index contributed by atoms with van der Waals surface area (Å²) in [5.74, 6) is -6.14. The molecule has 3 fully saturated rings. The molecule has 270 valence electrons. The number of aromatic hydroxyl groups is 1. The lowest BCUT2D eigenvalue weighted by atomic mass is 9.49. The summed E-state index contributed by atoms with van der Waals surface area (Å²) >= 11 is 6.39. The molecule has 0 radical (unpaired) electrons. The number of amides is 4. The van der Waals surface area contributed by atoms with Crippen molar-refractivity contribution in [1.29, 1.82) is 0 Å². The Balaban J connectivity index is 1.35. The van der Waals surface area contributed by atoms with E-state index in [-0.39, 0.29) is 48.4 Å². The molecule has 2 saturated heterocycles. The minimum atomic E-state index is -1.66. The molecular formula is C41H35ClFN3O7. The van der Waals surface area contributed by atoms with E-state index in [9.17, 15) is 23.9 Å². The number of imide groups is 2. The molecule has 2 aliphatic heterocycles. The van der Waals surface area contributed by atoms with Gasteiger partial charge in [0.2, 0.25) is 11.8 Å². The summed E-state index contributed by atoms with van der Waals surface area (Å²) in [5, 5.41) is 12.1. The lowest BCUT2D eigenvalue weighted by Gasteiger charge is -2.51. The third-order valence-corrected chi connectivity index (χ3v) is 11.6. The van der Waals surface area contributed by atoms with Gasteiger partial charge in [-0.2, -0.15) is 5.01 Å². The van der Waals surface area contributed by atoms with Crippen molar-refractivity contribution in [3.05, 3.63) is 130 Å². The first-order valence-corrected chi connectivity index (χ1v) is 17.7. The minimum Gasteiger partial charge on any atom is -0.508 e. The van der Waals surface area contributed by atoms with Crippen LogP contribution in [0.2, 0.25) is 5.02 Å². The quantitative estimate of drug-likeness (QED) is 0.158. The number of likely N-dealkylation sites (tertiary alicyclic amines) is 1. The third-order valence-electron chi connectivity index (χ3n) is 11.3. The van der Waals surface area contributed by atoms with Gasteiger partial charge in [0, 0.05) is 28.6 Å². The van der Waals surface area contributed by atoms with E-state index in [4.69, 9.17) is 21.1 Å². The van der Waals surface area contributed by atoms with Gasteiger partial charge < -0.3 is 14.6 Å². The molecule has 0 unspecified atom stereocenters. The number of allylic oxidation sites excluding steroid dienone is 2. The van der Waals surface area contributed by atoms with Crippen molar-refractivity contribution in [3.63, 3.8) is 0 Å². The number of hydrazine groups is 1. The number of hydrogen-bond acceptors (Lipinski definition) is 8. The predicted molar refractivity (Wildman–Crippen MR) is 192 cm³/mol. The fourth-order valence-electron chi connectivity index (χ4n) is 9.17. The molecule has 1 saturated carbocycles. The van der Waals surface area contributed by atoms with Crippen LogP contribution in [-0.4, -0.2) is 52.9 Å². The highest BCUT2D eigenvalue weighted by Crippen LogP contribution is 2.66. The first kappa shape index (κ1) is 34.4. The summed E-state index contributed by atoms with van der Waals surface area (Å²) in [4.78, 5) is 60.1. The monoisotopic (exact) mass is 735 g/mol. The van der Waals surface area contributed by atoms with Crippen LogP contribution in [0.1, 0.15) is 35.4 Å². The number of anilines is 1. The van der Waals surface area contributed by atoms with Crippen LogP contribution in [0.3, 0.4) is 0 Å². The number of ether oxygens (including phenoxy) is 2. The van der Waals surface area contributed by atoms with Gasteiger partial charge in [-0.3, -0.25) is 29.5 Å². The highest BCUT2D eigenvalue weighted by atomic mass is 35.5. The number of nitrogens with zero attached hydrogens (tertiary/aromatic N) is 2. The number of benzene rings is 4. The Morgan fingerprint density at radius 1 is 0.868 bits per heavy atom. The van der Waals surface area contributed by atoms with Gasteiger partial charge in [-0.25, -0.2) is 4.39 Å². The summed E-state index contributed by atoms with van der Waals surface area (Å²) in [7, 11) is 2.86. The second-order valence-electron chi connectivity index (χ2n) is 13.9. The number of methoxy groups -OCH3 is 2. The average Bonchev–Trinajstić information content (AvgIpc) is 3.53. The fraction of sp³-hybridized carbons (Fsp3) is 0.268. The maximum atomic E-state index is 15.4. The largest absolute Gasteiger partial charge is 0.508 e. The van der Waals surface area contributed by atoms with E-state index in [2.05, 4.69) is 5.43 Å². The molecule has 2 N–H and O–H groups in total. The van der Waals surface area contributed by atoms with Gasteiger partial charge in [0.1, 0.15) is 23.1 Å². The second-order valence-corrected chi connectivity index (χ2v) is 14.3. The standard InChI is InChI=1S/C41H35ClFN3O7/c1-52-32-18-27(47)19-33(53-2)35(32)36-28-16-17-29-34(39(50)45(37(29)48)21-22-6-4-3-5-7-22)30(28)20-31-38(49)46(44-26-14-12-25(43)13-15-26)40(51)41(31,36)23-8-10-24(42)11-9-23/h3-16,18-19,29-31,34,36,44,47H,17,20-21H2,1-2H3/t29-,30+,31-,34-,36+,41+/m0/s1. The van der Waals surface area contributed by atoms with Gasteiger partial charge >= 0.3 is 0 Å². The minimum absolute atomic E-state index is 0.0687. The van der Waals surface area contributed by atoms with Crippen LogP contribution in [0.25, 0.3) is 0 Å². The van der Waals surface area contributed by atoms with E-state index >= 15 is 4.79 Å². The SMILES string of the molecule is COc1cc(O)cc(OC)c1[C@H]1C2=CC[C@@H]3C(=O)N(Cc4ccccc4)C(=O)[C@@H]3[C@@H]2C[C@H]2C(=O)N(Nc3ccc(F)cc3)C(=O)[C@@]12c1ccc(Cl)cc1. The molecule has 4 aromatic carbocycles. The van der Waals surface area contributed by atoms with E-state index in [1.165, 1.54) is 55.5 Å². The van der Waals surface area contributed by atoms with Crippen molar-refractivity contribution in [1.82, 2.24) is 9.91 Å². The van der Waals surface area contributed by atoms with Gasteiger partial charge in [0.25, 0.3) is 11.8 Å². The highest BCUT2D eigenvalue weighted by molar-refractivity contribution is 6.30. The van der Waals surface area contributed by atoms with E-state index in [1.807, 2.05) is 36.4 Å². The number of carbonyl (C=O) groups is 4. The third kappa shape index (κ3) is 5.28. The van der Waals surface area contributed by atoms with Crippen LogP contribution in [0.5, 0.6) is 17.2 Å². The first-order valence-electron chi connectivity index (χ1n) is 17.3. The zero-order valence-electron chi connectivity index (χ0n) is 28.8. The molecule has 0 spiro atoms. The van der Waals surface area contributed by atoms with Gasteiger partial charge in [0.05, 0.1) is 49.6 Å². The Morgan fingerprint density at radius 2 is 1.53 bits per heavy atom. The molecule has 8 rings (SSSR count). The molecule has 4 amide bonds. The van der Waals surface area contributed by atoms with Gasteiger partial charge in [0.15, 0.2) is 0 Å². The van der Waals surface area contributed by atoms with E-state index in [0.717, 1.165) is 10.6 Å². The summed E-state index contributed by atoms with van der Waals surface area (Å²) in [6.07, 6.45) is 2.23. The highest BCUT2D eigenvalue weighted by Gasteiger charge is 2.71. The fourth-order valence-corrected chi connectivity index (χ4v) is 9.29. The van der Waals surface area contributed by atoms with Crippen LogP contribution in [0, 0.1) is 29.5 Å². The first-order chi connectivity index (χ1) is 25.6. The number of hydrogen-bond donors (Lipinski definition) is 2. The van der Waals surface area contributed by atoms with Gasteiger partial charge in [-0.15, -0.1) is 0 Å². The van der Waals surface area contributed by atoms with Crippen LogP contribution >= 0.6 is 11.6 Å². The molecule has 2 heterocycles. The molecule has 4 aromatic rings. The molecule has 53 heavy (non-hydrogen) atoms. The number of phenols is 1. The zero-order chi connectivity index (χ0) is 37.2. The molecular weight excluding hydrogens is 701 g/mol. The molecule has 6 atom stereocenters. The smallest absolute Gasteiger partial charge is 0.260 e. The van der Waals surface area contributed by atoms with Crippen LogP contribution in [0.15, 0.2) is 103 Å².